The number of nitriles is 1. The highest BCUT2D eigenvalue weighted by Gasteiger charge is 2.14. The lowest BCUT2D eigenvalue weighted by atomic mass is 10.2. The first-order chi connectivity index (χ1) is 11.9. The van der Waals surface area contributed by atoms with Crippen molar-refractivity contribution in [2.45, 2.75) is 26.6 Å². The molecule has 7 nitrogen and oxygen atoms in total. The van der Waals surface area contributed by atoms with Crippen LogP contribution in [0.5, 0.6) is 17.2 Å². The van der Waals surface area contributed by atoms with E-state index in [-0.39, 0.29) is 18.4 Å². The Balaban J connectivity index is 2.28. The summed E-state index contributed by atoms with van der Waals surface area (Å²) < 4.78 is 16.6. The third-order valence-electron chi connectivity index (χ3n) is 3.29. The molecule has 0 heterocycles. The average molecular weight is 342 g/mol. The van der Waals surface area contributed by atoms with Crippen molar-refractivity contribution in [1.82, 2.24) is 0 Å². The van der Waals surface area contributed by atoms with E-state index in [2.05, 4.69) is 0 Å². The second-order valence-electron chi connectivity index (χ2n) is 5.48. The lowest BCUT2D eigenvalue weighted by Gasteiger charge is -2.16. The van der Waals surface area contributed by atoms with E-state index in [1.165, 1.54) is 19.2 Å². The van der Waals surface area contributed by atoms with Crippen LogP contribution in [0.1, 0.15) is 25.0 Å². The fourth-order valence-corrected chi connectivity index (χ4v) is 2.17. The number of non-ortho nitro benzene ring substituents is 1. The third-order valence-corrected chi connectivity index (χ3v) is 3.29. The van der Waals surface area contributed by atoms with Gasteiger partial charge in [0.05, 0.1) is 29.8 Å². The van der Waals surface area contributed by atoms with E-state index in [0.717, 1.165) is 0 Å². The molecule has 25 heavy (non-hydrogen) atoms. The van der Waals surface area contributed by atoms with Gasteiger partial charge in [-0.2, -0.15) is 5.26 Å². The van der Waals surface area contributed by atoms with Crippen LogP contribution in [0.3, 0.4) is 0 Å². The van der Waals surface area contributed by atoms with E-state index in [0.29, 0.717) is 28.4 Å². The fraction of sp³-hybridized carbons (Fsp3) is 0.278. The molecule has 0 unspecified atom stereocenters. The molecular weight excluding hydrogens is 324 g/mol. The minimum atomic E-state index is -0.467. The van der Waals surface area contributed by atoms with Gasteiger partial charge in [0.1, 0.15) is 12.4 Å². The Kier molecular flexibility index (Phi) is 5.79. The monoisotopic (exact) mass is 342 g/mol. The summed E-state index contributed by atoms with van der Waals surface area (Å²) in [4.78, 5) is 10.5. The van der Waals surface area contributed by atoms with E-state index >= 15 is 0 Å². The van der Waals surface area contributed by atoms with Crippen LogP contribution in [0.25, 0.3) is 0 Å². The zero-order chi connectivity index (χ0) is 18.4. The zero-order valence-corrected chi connectivity index (χ0v) is 14.2. The molecule has 0 N–H and O–H groups in total. The second kappa shape index (κ2) is 8.02. The summed E-state index contributed by atoms with van der Waals surface area (Å²) in [7, 11) is 1.48. The van der Waals surface area contributed by atoms with Crippen molar-refractivity contribution < 1.29 is 19.1 Å². The van der Waals surface area contributed by atoms with Crippen LogP contribution >= 0.6 is 0 Å². The van der Waals surface area contributed by atoms with E-state index < -0.39 is 4.92 Å². The molecule has 0 radical (unpaired) electrons. The van der Waals surface area contributed by atoms with Crippen molar-refractivity contribution in [2.24, 2.45) is 0 Å². The van der Waals surface area contributed by atoms with Gasteiger partial charge in [0.25, 0.3) is 5.69 Å². The summed E-state index contributed by atoms with van der Waals surface area (Å²) in [6.07, 6.45) is -0.0790. The van der Waals surface area contributed by atoms with Gasteiger partial charge in [-0.1, -0.05) is 0 Å². The predicted molar refractivity (Wildman–Crippen MR) is 90.9 cm³/mol. The second-order valence-corrected chi connectivity index (χ2v) is 5.48. The Morgan fingerprint density at radius 3 is 2.48 bits per heavy atom. The molecule has 0 atom stereocenters. The number of hydrogen-bond donors (Lipinski definition) is 0. The van der Waals surface area contributed by atoms with Crippen molar-refractivity contribution in [2.75, 3.05) is 7.11 Å². The van der Waals surface area contributed by atoms with Gasteiger partial charge in [-0.25, -0.2) is 0 Å². The summed E-state index contributed by atoms with van der Waals surface area (Å²) in [6, 6.07) is 11.2. The Morgan fingerprint density at radius 2 is 1.88 bits per heavy atom. The first kappa shape index (κ1) is 18.1. The molecule has 0 spiro atoms. The highest BCUT2D eigenvalue weighted by Crippen LogP contribution is 2.31. The quantitative estimate of drug-likeness (QED) is 0.560. The lowest BCUT2D eigenvalue weighted by Crippen LogP contribution is -2.09. The molecule has 0 saturated carbocycles. The molecule has 0 aromatic heterocycles. The molecule has 0 fully saturated rings. The van der Waals surface area contributed by atoms with Gasteiger partial charge in [0.2, 0.25) is 0 Å². The molecule has 2 aromatic carbocycles. The Morgan fingerprint density at radius 1 is 1.16 bits per heavy atom. The Labute approximate surface area is 145 Å². The molecule has 2 rings (SSSR count). The highest BCUT2D eigenvalue weighted by molar-refractivity contribution is 5.48. The molecule has 2 aromatic rings. The number of hydrogen-bond acceptors (Lipinski definition) is 6. The molecular formula is C18H18N2O5. The predicted octanol–water partition coefficient (Wildman–Crippen LogP) is 3.84. The first-order valence-electron chi connectivity index (χ1n) is 7.59. The van der Waals surface area contributed by atoms with Crippen molar-refractivity contribution in [3.63, 3.8) is 0 Å². The van der Waals surface area contributed by atoms with Crippen LogP contribution in [0.4, 0.5) is 5.69 Å². The molecule has 7 heteroatoms. The van der Waals surface area contributed by atoms with Crippen LogP contribution in [0.15, 0.2) is 36.4 Å². The van der Waals surface area contributed by atoms with Crippen LogP contribution in [-0.4, -0.2) is 18.1 Å². The summed E-state index contributed by atoms with van der Waals surface area (Å²) >= 11 is 0. The summed E-state index contributed by atoms with van der Waals surface area (Å²) in [5.41, 5.74) is 0.958. The van der Waals surface area contributed by atoms with E-state index in [4.69, 9.17) is 19.5 Å². The number of methoxy groups -OCH3 is 1. The number of nitro groups is 1. The van der Waals surface area contributed by atoms with Crippen LogP contribution in [0, 0.1) is 21.4 Å². The van der Waals surface area contributed by atoms with Gasteiger partial charge in [0.15, 0.2) is 11.5 Å². The smallest absolute Gasteiger partial charge is 0.270 e. The largest absolute Gasteiger partial charge is 0.493 e. The van der Waals surface area contributed by atoms with Gasteiger partial charge >= 0.3 is 0 Å². The molecule has 0 bridgehead atoms. The van der Waals surface area contributed by atoms with Gasteiger partial charge < -0.3 is 14.2 Å². The van der Waals surface area contributed by atoms with Crippen LogP contribution in [-0.2, 0) is 6.61 Å². The third kappa shape index (κ3) is 4.61. The number of benzene rings is 2. The maximum atomic E-state index is 11.0. The lowest BCUT2D eigenvalue weighted by molar-refractivity contribution is -0.385. The van der Waals surface area contributed by atoms with Gasteiger partial charge in [0, 0.05) is 23.8 Å². The van der Waals surface area contributed by atoms with Crippen molar-refractivity contribution >= 4 is 5.69 Å². The summed E-state index contributed by atoms with van der Waals surface area (Å²) in [5.74, 6) is 1.37. The van der Waals surface area contributed by atoms with E-state index in [9.17, 15) is 10.1 Å². The van der Waals surface area contributed by atoms with Crippen LogP contribution in [0.2, 0.25) is 0 Å². The highest BCUT2D eigenvalue weighted by atomic mass is 16.6. The standard InChI is InChI=1S/C18H18N2O5/c1-12(2)25-16-7-5-15(20(21)22)9-14(16)11-24-17-6-4-13(10-19)8-18(17)23-3/h4-9,12H,11H2,1-3H3. The van der Waals surface area contributed by atoms with E-state index in [1.807, 2.05) is 19.9 Å². The number of nitrogens with zero attached hydrogens (tertiary/aromatic N) is 2. The maximum Gasteiger partial charge on any atom is 0.270 e. The van der Waals surface area contributed by atoms with Crippen LogP contribution < -0.4 is 14.2 Å². The van der Waals surface area contributed by atoms with Crippen molar-refractivity contribution in [1.29, 1.82) is 5.26 Å². The number of rotatable bonds is 7. The van der Waals surface area contributed by atoms with Crippen molar-refractivity contribution in [3.8, 4) is 23.3 Å². The molecule has 130 valence electrons. The van der Waals surface area contributed by atoms with Crippen molar-refractivity contribution in [3.05, 3.63) is 57.6 Å². The average Bonchev–Trinajstić information content (AvgIpc) is 2.60. The number of ether oxygens (including phenoxy) is 3. The van der Waals surface area contributed by atoms with Gasteiger partial charge in [-0.15, -0.1) is 0 Å². The maximum absolute atomic E-state index is 11.0. The minimum absolute atomic E-state index is 0.0403. The molecule has 0 saturated heterocycles. The summed E-state index contributed by atoms with van der Waals surface area (Å²) in [5, 5.41) is 19.9. The Hall–Kier alpha value is -3.27. The normalized spacial score (nSPS) is 10.2. The molecule has 0 aliphatic carbocycles. The molecule has 0 amide bonds. The zero-order valence-electron chi connectivity index (χ0n) is 14.2. The fourth-order valence-electron chi connectivity index (χ4n) is 2.17. The van der Waals surface area contributed by atoms with Gasteiger partial charge in [-0.3, -0.25) is 10.1 Å². The summed E-state index contributed by atoms with van der Waals surface area (Å²) in [6.45, 7) is 3.80. The first-order valence-corrected chi connectivity index (χ1v) is 7.59. The number of nitro benzene ring substituents is 1. The van der Waals surface area contributed by atoms with Gasteiger partial charge in [-0.05, 0) is 32.0 Å². The van der Waals surface area contributed by atoms with E-state index in [1.54, 1.807) is 24.3 Å². The minimum Gasteiger partial charge on any atom is -0.493 e. The molecule has 0 aliphatic heterocycles. The topological polar surface area (TPSA) is 94.6 Å². The SMILES string of the molecule is COc1cc(C#N)ccc1OCc1cc([N+](=O)[O-])ccc1OC(C)C. The molecule has 0 aliphatic rings. The Bertz CT molecular complexity index is 812.